The van der Waals surface area contributed by atoms with E-state index in [1.54, 1.807) is 0 Å². The largest absolute Gasteiger partial charge is 0.408 e. The number of aromatic nitrogens is 2. The van der Waals surface area contributed by atoms with Gasteiger partial charge in [-0.25, -0.2) is 0 Å². The highest BCUT2D eigenvalue weighted by atomic mass is 35.5. The molecule has 0 N–H and O–H groups in total. The van der Waals surface area contributed by atoms with Gasteiger partial charge in [-0.3, -0.25) is 0 Å². The Kier molecular flexibility index (Phi) is 4.62. The third-order valence-corrected chi connectivity index (χ3v) is 3.05. The van der Waals surface area contributed by atoms with Gasteiger partial charge in [0.2, 0.25) is 5.89 Å². The van der Waals surface area contributed by atoms with Crippen LogP contribution in [-0.2, 0) is 11.2 Å². The van der Waals surface area contributed by atoms with Gasteiger partial charge in [-0.2, -0.15) is 0 Å². The Morgan fingerprint density at radius 2 is 2.35 bits per heavy atom. The number of likely N-dealkylation sites (N-methyl/N-ethyl adjacent to an activating group) is 1. The molecule has 0 spiro atoms. The Labute approximate surface area is 106 Å². The van der Waals surface area contributed by atoms with Gasteiger partial charge in [0.1, 0.15) is 0 Å². The summed E-state index contributed by atoms with van der Waals surface area (Å²) in [5, 5.41) is 8.01. The molecule has 2 heterocycles. The molecule has 1 aliphatic rings. The van der Waals surface area contributed by atoms with Crippen molar-refractivity contribution in [3.8, 4) is 0 Å². The first-order valence-corrected chi connectivity index (χ1v) is 6.61. The Morgan fingerprint density at radius 1 is 1.47 bits per heavy atom. The molecule has 1 fully saturated rings. The highest BCUT2D eigenvalue weighted by Gasteiger charge is 2.21. The van der Waals surface area contributed by atoms with Crippen molar-refractivity contribution in [1.29, 1.82) is 0 Å². The lowest BCUT2D eigenvalue weighted by molar-refractivity contribution is 0.115. The van der Waals surface area contributed by atoms with Crippen LogP contribution in [-0.4, -0.2) is 41.9 Å². The van der Waals surface area contributed by atoms with Gasteiger partial charge in [-0.1, -0.05) is 5.10 Å². The number of alkyl halides is 1. The molecule has 17 heavy (non-hydrogen) atoms. The summed E-state index contributed by atoms with van der Waals surface area (Å²) in [5.74, 6) is 1.10. The molecule has 1 aromatic heterocycles. The Balaban J connectivity index is 1.95. The van der Waals surface area contributed by atoms with Crippen LogP contribution >= 0.6 is 11.6 Å². The quantitative estimate of drug-likeness (QED) is 0.730. The number of rotatable bonds is 6. The summed E-state index contributed by atoms with van der Waals surface area (Å²) in [6.45, 7) is 4.59. The van der Waals surface area contributed by atoms with Crippen LogP contribution in [0.1, 0.15) is 25.7 Å². The average molecular weight is 260 g/mol. The van der Waals surface area contributed by atoms with E-state index in [4.69, 9.17) is 20.8 Å². The number of aryl methyl sites for hydroxylation is 1. The van der Waals surface area contributed by atoms with Crippen LogP contribution < -0.4 is 4.90 Å². The molecule has 0 aromatic carbocycles. The van der Waals surface area contributed by atoms with E-state index in [0.717, 1.165) is 32.5 Å². The summed E-state index contributed by atoms with van der Waals surface area (Å²) in [5.41, 5.74) is 0. The summed E-state index contributed by atoms with van der Waals surface area (Å²) in [6, 6.07) is 0.572. The predicted octanol–water partition coefficient (Wildman–Crippen LogP) is 1.86. The second-order valence-electron chi connectivity index (χ2n) is 4.09. The normalized spacial score (nSPS) is 19.8. The van der Waals surface area contributed by atoms with E-state index < -0.39 is 0 Å². The summed E-state index contributed by atoms with van der Waals surface area (Å²) < 4.78 is 11.2. The maximum absolute atomic E-state index is 5.63. The summed E-state index contributed by atoms with van der Waals surface area (Å²) in [6.07, 6.45) is 3.16. The molecule has 0 radical (unpaired) electrons. The molecule has 1 aliphatic heterocycles. The van der Waals surface area contributed by atoms with Crippen LogP contribution in [0.4, 0.5) is 6.01 Å². The molecule has 0 aliphatic carbocycles. The van der Waals surface area contributed by atoms with Crippen LogP contribution in [0.5, 0.6) is 0 Å². The minimum atomic E-state index is 0.290. The summed E-state index contributed by atoms with van der Waals surface area (Å²) in [7, 11) is 0. The topological polar surface area (TPSA) is 51.4 Å². The number of halogens is 1. The molecule has 0 bridgehead atoms. The van der Waals surface area contributed by atoms with Crippen LogP contribution in [0.3, 0.4) is 0 Å². The maximum atomic E-state index is 5.63. The zero-order chi connectivity index (χ0) is 12.1. The fourth-order valence-electron chi connectivity index (χ4n) is 1.93. The van der Waals surface area contributed by atoms with E-state index in [0.29, 0.717) is 30.3 Å². The first-order valence-electron chi connectivity index (χ1n) is 6.08. The molecule has 1 atom stereocenters. The smallest absolute Gasteiger partial charge is 0.318 e. The standard InChI is InChI=1S/C11H18ClN3O2/c1-2-15(8-9-4-3-7-16-9)11-14-13-10(17-11)5-6-12/h9H,2-8H2,1H3. The lowest BCUT2D eigenvalue weighted by Crippen LogP contribution is -2.32. The fourth-order valence-corrected chi connectivity index (χ4v) is 2.09. The number of anilines is 1. The molecule has 2 rings (SSSR count). The third-order valence-electron chi connectivity index (χ3n) is 2.86. The predicted molar refractivity (Wildman–Crippen MR) is 65.6 cm³/mol. The monoisotopic (exact) mass is 259 g/mol. The van der Waals surface area contributed by atoms with Crippen molar-refractivity contribution in [2.45, 2.75) is 32.3 Å². The molecule has 0 amide bonds. The molecule has 1 saturated heterocycles. The van der Waals surface area contributed by atoms with E-state index in [-0.39, 0.29) is 0 Å². The maximum Gasteiger partial charge on any atom is 0.318 e. The van der Waals surface area contributed by atoms with Gasteiger partial charge in [0.25, 0.3) is 0 Å². The van der Waals surface area contributed by atoms with E-state index in [2.05, 4.69) is 22.0 Å². The lowest BCUT2D eigenvalue weighted by atomic mass is 10.2. The number of hydrogen-bond acceptors (Lipinski definition) is 5. The lowest BCUT2D eigenvalue weighted by Gasteiger charge is -2.21. The van der Waals surface area contributed by atoms with Crippen molar-refractivity contribution < 1.29 is 9.15 Å². The van der Waals surface area contributed by atoms with E-state index in [1.165, 1.54) is 0 Å². The van der Waals surface area contributed by atoms with Gasteiger partial charge in [-0.15, -0.1) is 16.7 Å². The van der Waals surface area contributed by atoms with Crippen molar-refractivity contribution in [2.75, 3.05) is 30.5 Å². The van der Waals surface area contributed by atoms with Crippen molar-refractivity contribution in [2.24, 2.45) is 0 Å². The molecule has 5 nitrogen and oxygen atoms in total. The first kappa shape index (κ1) is 12.6. The second kappa shape index (κ2) is 6.21. The average Bonchev–Trinajstić information content (AvgIpc) is 2.97. The zero-order valence-corrected chi connectivity index (χ0v) is 10.8. The Hall–Kier alpha value is -0.810. The second-order valence-corrected chi connectivity index (χ2v) is 4.47. The minimum Gasteiger partial charge on any atom is -0.408 e. The number of ether oxygens (including phenoxy) is 1. The van der Waals surface area contributed by atoms with Crippen molar-refractivity contribution in [3.63, 3.8) is 0 Å². The highest BCUT2D eigenvalue weighted by Crippen LogP contribution is 2.18. The van der Waals surface area contributed by atoms with Crippen LogP contribution in [0.25, 0.3) is 0 Å². The minimum absolute atomic E-state index is 0.290. The highest BCUT2D eigenvalue weighted by molar-refractivity contribution is 6.17. The Morgan fingerprint density at radius 3 is 3.00 bits per heavy atom. The SMILES string of the molecule is CCN(CC1CCCO1)c1nnc(CCCl)o1. The van der Waals surface area contributed by atoms with Gasteiger partial charge in [-0.05, 0) is 19.8 Å². The number of nitrogens with zero attached hydrogens (tertiary/aromatic N) is 3. The van der Waals surface area contributed by atoms with Crippen molar-refractivity contribution in [3.05, 3.63) is 5.89 Å². The molecule has 1 aromatic rings. The van der Waals surface area contributed by atoms with E-state index in [1.807, 2.05) is 0 Å². The molecule has 1 unspecified atom stereocenters. The van der Waals surface area contributed by atoms with Gasteiger partial charge in [0.15, 0.2) is 0 Å². The van der Waals surface area contributed by atoms with Gasteiger partial charge < -0.3 is 14.1 Å². The molecule has 0 saturated carbocycles. The van der Waals surface area contributed by atoms with Crippen molar-refractivity contribution in [1.82, 2.24) is 10.2 Å². The van der Waals surface area contributed by atoms with Gasteiger partial charge >= 0.3 is 6.01 Å². The van der Waals surface area contributed by atoms with Crippen LogP contribution in [0, 0.1) is 0 Å². The first-order chi connectivity index (χ1) is 8.33. The molecule has 6 heteroatoms. The third kappa shape index (κ3) is 3.33. The molecule has 96 valence electrons. The fraction of sp³-hybridized carbons (Fsp3) is 0.818. The summed E-state index contributed by atoms with van der Waals surface area (Å²) >= 11 is 5.63. The number of hydrogen-bond donors (Lipinski definition) is 0. The Bertz CT molecular complexity index is 339. The van der Waals surface area contributed by atoms with Gasteiger partial charge in [0, 0.05) is 32.0 Å². The van der Waals surface area contributed by atoms with Crippen LogP contribution in [0.2, 0.25) is 0 Å². The molecular weight excluding hydrogens is 242 g/mol. The van der Waals surface area contributed by atoms with E-state index in [9.17, 15) is 0 Å². The zero-order valence-electron chi connectivity index (χ0n) is 10.1. The summed E-state index contributed by atoms with van der Waals surface area (Å²) in [4.78, 5) is 2.06. The van der Waals surface area contributed by atoms with Crippen LogP contribution in [0.15, 0.2) is 4.42 Å². The van der Waals surface area contributed by atoms with E-state index >= 15 is 0 Å². The molecular formula is C11H18ClN3O2. The van der Waals surface area contributed by atoms with Crippen molar-refractivity contribution >= 4 is 17.6 Å². The van der Waals surface area contributed by atoms with Gasteiger partial charge in [0.05, 0.1) is 6.10 Å².